The van der Waals surface area contributed by atoms with Crippen molar-refractivity contribution in [2.24, 2.45) is 5.73 Å². The van der Waals surface area contributed by atoms with Crippen LogP contribution in [-0.2, 0) is 6.42 Å². The Labute approximate surface area is 119 Å². The first-order valence-corrected chi connectivity index (χ1v) is 6.79. The van der Waals surface area contributed by atoms with Crippen LogP contribution in [0, 0.1) is 12.3 Å². The van der Waals surface area contributed by atoms with Crippen LogP contribution in [0.4, 0.5) is 0 Å². The van der Waals surface area contributed by atoms with Gasteiger partial charge in [0.1, 0.15) is 11.6 Å². The van der Waals surface area contributed by atoms with Crippen LogP contribution in [0.1, 0.15) is 23.1 Å². The van der Waals surface area contributed by atoms with Gasteiger partial charge in [-0.1, -0.05) is 42.5 Å². The predicted molar refractivity (Wildman–Crippen MR) is 82.5 cm³/mol. The van der Waals surface area contributed by atoms with Gasteiger partial charge >= 0.3 is 0 Å². The van der Waals surface area contributed by atoms with Gasteiger partial charge in [0.2, 0.25) is 0 Å². The number of para-hydroxylation sites is 1. The first-order chi connectivity index (χ1) is 9.68. The van der Waals surface area contributed by atoms with E-state index in [2.05, 4.69) is 12.1 Å². The second-order valence-electron chi connectivity index (χ2n) is 4.80. The Hall–Kier alpha value is -2.29. The third-order valence-electron chi connectivity index (χ3n) is 3.20. The molecule has 0 saturated heterocycles. The number of hydrogen-bond acceptors (Lipinski definition) is 2. The van der Waals surface area contributed by atoms with Gasteiger partial charge < -0.3 is 10.5 Å². The zero-order valence-electron chi connectivity index (χ0n) is 11.7. The van der Waals surface area contributed by atoms with Gasteiger partial charge in [-0.3, -0.25) is 5.41 Å². The Bertz CT molecular complexity index is 579. The van der Waals surface area contributed by atoms with E-state index in [-0.39, 0.29) is 5.84 Å². The van der Waals surface area contributed by atoms with E-state index in [4.69, 9.17) is 15.9 Å². The van der Waals surface area contributed by atoms with Crippen LogP contribution in [0.2, 0.25) is 0 Å². The summed E-state index contributed by atoms with van der Waals surface area (Å²) in [6.07, 6.45) is 1.93. The predicted octanol–water partition coefficient (Wildman–Crippen LogP) is 3.29. The van der Waals surface area contributed by atoms with Crippen LogP contribution in [0.5, 0.6) is 5.75 Å². The van der Waals surface area contributed by atoms with Crippen LogP contribution in [0.15, 0.2) is 48.5 Å². The fourth-order valence-corrected chi connectivity index (χ4v) is 2.15. The van der Waals surface area contributed by atoms with Crippen molar-refractivity contribution in [3.63, 3.8) is 0 Å². The molecule has 20 heavy (non-hydrogen) atoms. The number of rotatable bonds is 6. The molecule has 104 valence electrons. The summed E-state index contributed by atoms with van der Waals surface area (Å²) in [5, 5.41) is 7.59. The number of nitrogens with one attached hydrogen (secondary N) is 1. The fourth-order valence-electron chi connectivity index (χ4n) is 2.15. The average Bonchev–Trinajstić information content (AvgIpc) is 2.45. The van der Waals surface area contributed by atoms with Crippen molar-refractivity contribution in [2.45, 2.75) is 19.8 Å². The molecular weight excluding hydrogens is 248 g/mol. The average molecular weight is 268 g/mol. The topological polar surface area (TPSA) is 59.1 Å². The van der Waals surface area contributed by atoms with Gasteiger partial charge in [-0.15, -0.1) is 0 Å². The molecule has 0 spiro atoms. The van der Waals surface area contributed by atoms with Gasteiger partial charge in [-0.2, -0.15) is 0 Å². The van der Waals surface area contributed by atoms with E-state index in [1.165, 1.54) is 5.56 Å². The van der Waals surface area contributed by atoms with Gasteiger partial charge in [0.05, 0.1) is 12.2 Å². The Balaban J connectivity index is 1.93. The number of nitrogen functional groups attached to an aromatic ring is 1. The van der Waals surface area contributed by atoms with Crippen molar-refractivity contribution in [3.05, 3.63) is 65.2 Å². The number of aryl methyl sites for hydroxylation is 2. The van der Waals surface area contributed by atoms with Crippen LogP contribution in [0.25, 0.3) is 0 Å². The molecule has 0 unspecified atom stereocenters. The van der Waals surface area contributed by atoms with Gasteiger partial charge in [0, 0.05) is 0 Å². The molecule has 0 aliphatic carbocycles. The molecule has 3 nitrogen and oxygen atoms in total. The molecule has 3 heteroatoms. The van der Waals surface area contributed by atoms with Crippen molar-refractivity contribution < 1.29 is 4.74 Å². The first kappa shape index (κ1) is 14.1. The highest BCUT2D eigenvalue weighted by Gasteiger charge is 2.09. The Kier molecular flexibility index (Phi) is 4.77. The highest BCUT2D eigenvalue weighted by atomic mass is 16.5. The molecule has 2 aromatic rings. The molecule has 2 aromatic carbocycles. The van der Waals surface area contributed by atoms with Crippen molar-refractivity contribution in [3.8, 4) is 5.75 Å². The number of hydrogen-bond donors (Lipinski definition) is 2. The normalized spacial score (nSPS) is 10.2. The lowest BCUT2D eigenvalue weighted by atomic mass is 10.1. The maximum absolute atomic E-state index is 7.59. The van der Waals surface area contributed by atoms with Crippen molar-refractivity contribution >= 4 is 5.84 Å². The quantitative estimate of drug-likeness (QED) is 0.480. The van der Waals surface area contributed by atoms with Crippen LogP contribution >= 0.6 is 0 Å². The minimum absolute atomic E-state index is 0.0479. The van der Waals surface area contributed by atoms with Crippen LogP contribution in [0.3, 0.4) is 0 Å². The van der Waals surface area contributed by atoms with Gasteiger partial charge in [-0.05, 0) is 37.0 Å². The van der Waals surface area contributed by atoms with E-state index in [9.17, 15) is 0 Å². The van der Waals surface area contributed by atoms with E-state index in [1.807, 2.05) is 43.3 Å². The van der Waals surface area contributed by atoms with E-state index < -0.39 is 0 Å². The molecule has 0 amide bonds. The summed E-state index contributed by atoms with van der Waals surface area (Å²) in [5.41, 5.74) is 8.58. The summed E-state index contributed by atoms with van der Waals surface area (Å²) >= 11 is 0. The summed E-state index contributed by atoms with van der Waals surface area (Å²) in [5.74, 6) is 0.778. The minimum atomic E-state index is 0.0479. The molecule has 0 aromatic heterocycles. The summed E-state index contributed by atoms with van der Waals surface area (Å²) in [7, 11) is 0. The third-order valence-corrected chi connectivity index (χ3v) is 3.20. The summed E-state index contributed by atoms with van der Waals surface area (Å²) in [6, 6.07) is 16.0. The second-order valence-corrected chi connectivity index (χ2v) is 4.80. The van der Waals surface area contributed by atoms with Crippen molar-refractivity contribution in [1.82, 2.24) is 0 Å². The Morgan fingerprint density at radius 3 is 2.55 bits per heavy atom. The molecule has 0 bridgehead atoms. The zero-order valence-corrected chi connectivity index (χ0v) is 11.7. The van der Waals surface area contributed by atoms with Crippen molar-refractivity contribution in [1.29, 1.82) is 5.41 Å². The van der Waals surface area contributed by atoms with Gasteiger partial charge in [0.25, 0.3) is 0 Å². The molecule has 0 radical (unpaired) electrons. The number of amidine groups is 1. The molecule has 0 fully saturated rings. The lowest BCUT2D eigenvalue weighted by molar-refractivity contribution is 0.308. The number of ether oxygens (including phenoxy) is 1. The zero-order chi connectivity index (χ0) is 14.4. The molecule has 0 heterocycles. The van der Waals surface area contributed by atoms with E-state index in [1.54, 1.807) is 0 Å². The molecular formula is C17H20N2O. The molecule has 0 atom stereocenters. The van der Waals surface area contributed by atoms with E-state index in [0.29, 0.717) is 12.2 Å². The van der Waals surface area contributed by atoms with Crippen molar-refractivity contribution in [2.75, 3.05) is 6.61 Å². The van der Waals surface area contributed by atoms with Crippen LogP contribution < -0.4 is 10.5 Å². The molecule has 0 aliphatic heterocycles. The summed E-state index contributed by atoms with van der Waals surface area (Å²) in [4.78, 5) is 0. The SMILES string of the molecule is Cc1cccc(C(=N)N)c1OCCCc1ccccc1. The smallest absolute Gasteiger partial charge is 0.133 e. The monoisotopic (exact) mass is 268 g/mol. The lowest BCUT2D eigenvalue weighted by Gasteiger charge is -2.13. The van der Waals surface area contributed by atoms with E-state index in [0.717, 1.165) is 24.2 Å². The maximum atomic E-state index is 7.59. The lowest BCUT2D eigenvalue weighted by Crippen LogP contribution is -2.14. The fraction of sp³-hybridized carbons (Fsp3) is 0.235. The van der Waals surface area contributed by atoms with E-state index >= 15 is 0 Å². The second kappa shape index (κ2) is 6.75. The Morgan fingerprint density at radius 2 is 1.85 bits per heavy atom. The molecule has 0 aliphatic rings. The highest BCUT2D eigenvalue weighted by molar-refractivity contribution is 5.98. The third kappa shape index (κ3) is 3.60. The maximum Gasteiger partial charge on any atom is 0.133 e. The minimum Gasteiger partial charge on any atom is -0.493 e. The summed E-state index contributed by atoms with van der Waals surface area (Å²) in [6.45, 7) is 2.60. The first-order valence-electron chi connectivity index (χ1n) is 6.79. The number of benzene rings is 2. The largest absolute Gasteiger partial charge is 0.493 e. The molecule has 0 saturated carbocycles. The molecule has 2 rings (SSSR count). The molecule has 3 N–H and O–H groups in total. The Morgan fingerprint density at radius 1 is 1.10 bits per heavy atom. The number of nitrogens with two attached hydrogens (primary N) is 1. The van der Waals surface area contributed by atoms with Gasteiger partial charge in [0.15, 0.2) is 0 Å². The summed E-state index contributed by atoms with van der Waals surface area (Å²) < 4.78 is 5.83. The standard InChI is InChI=1S/C17H20N2O/c1-13-7-5-11-15(17(18)19)16(13)20-12-6-10-14-8-3-2-4-9-14/h2-5,7-9,11H,6,10,12H2,1H3,(H3,18,19). The van der Waals surface area contributed by atoms with Crippen LogP contribution in [-0.4, -0.2) is 12.4 Å². The van der Waals surface area contributed by atoms with Gasteiger partial charge in [-0.25, -0.2) is 0 Å². The highest BCUT2D eigenvalue weighted by Crippen LogP contribution is 2.23.